The number of anilines is 1. The number of rotatable bonds is 28. The van der Waals surface area contributed by atoms with E-state index in [1.165, 1.54) is 12.1 Å². The first-order chi connectivity index (χ1) is 37.2. The van der Waals surface area contributed by atoms with Crippen LogP contribution < -0.4 is 15.4 Å². The van der Waals surface area contributed by atoms with Crippen LogP contribution in [0.15, 0.2) is 103 Å². The maximum Gasteiger partial charge on any atom is 0.305 e. The highest BCUT2D eigenvalue weighted by Crippen LogP contribution is 2.44. The Kier molecular flexibility index (Phi) is 19.2. The van der Waals surface area contributed by atoms with Gasteiger partial charge in [-0.3, -0.25) is 34.0 Å². The molecule has 0 saturated carbocycles. The number of aryl methyl sites for hydroxylation is 3. The highest BCUT2D eigenvalue weighted by molar-refractivity contribution is 6.12. The van der Waals surface area contributed by atoms with E-state index in [0.29, 0.717) is 96.3 Å². The minimum Gasteiger partial charge on any atom is -0.494 e. The zero-order valence-corrected chi connectivity index (χ0v) is 43.7. The van der Waals surface area contributed by atoms with Gasteiger partial charge in [-0.1, -0.05) is 61.5 Å². The number of nitrogens with one attached hydrogen (secondary N) is 2. The van der Waals surface area contributed by atoms with Crippen molar-refractivity contribution < 1.29 is 53.2 Å². The van der Waals surface area contributed by atoms with E-state index in [9.17, 15) is 43.7 Å². The van der Waals surface area contributed by atoms with E-state index in [1.807, 2.05) is 83.9 Å². The molecule has 17 nitrogen and oxygen atoms in total. The molecule has 4 aromatic carbocycles. The third kappa shape index (κ3) is 14.5. The molecule has 8 rings (SSSR count). The van der Waals surface area contributed by atoms with Gasteiger partial charge < -0.3 is 39.6 Å². The fraction of sp³-hybridized carbons (Fsp3) is 0.407. The topological polar surface area (TPSA) is 227 Å². The van der Waals surface area contributed by atoms with E-state index in [1.54, 1.807) is 35.2 Å². The number of ether oxygens (including phenoxy) is 2. The SMILES string of the molecule is CC(C)c1c(C(=O)Nc2ccccc2)c(-c2cccc(OCCCc3cn(CCCCCOCCCc4cccc5c4CN(C4CCC(=O)NC4=O)C5=O)nn3)c2)c(-c2ccc(F)cc2)n1CCC(O)CC(O)CC(=O)O. The third-order valence-corrected chi connectivity index (χ3v) is 14.0. The lowest BCUT2D eigenvalue weighted by atomic mass is 9.94. The smallest absolute Gasteiger partial charge is 0.305 e. The molecule has 1 saturated heterocycles. The van der Waals surface area contributed by atoms with Crippen LogP contribution in [0.25, 0.3) is 22.4 Å². The zero-order chi connectivity index (χ0) is 54.4. The molecule has 77 heavy (non-hydrogen) atoms. The fourth-order valence-corrected chi connectivity index (χ4v) is 10.4. The van der Waals surface area contributed by atoms with E-state index < -0.39 is 42.4 Å². The number of aliphatic hydroxyl groups is 2. The number of unbranched alkanes of at least 4 members (excludes halogenated alkanes) is 2. The Morgan fingerprint density at radius 2 is 1.61 bits per heavy atom. The molecule has 4 amide bonds. The maximum atomic E-state index is 14.7. The fourth-order valence-electron chi connectivity index (χ4n) is 10.4. The molecule has 3 unspecified atom stereocenters. The van der Waals surface area contributed by atoms with Crippen molar-refractivity contribution in [3.8, 4) is 28.1 Å². The molecule has 0 radical (unpaired) electrons. The van der Waals surface area contributed by atoms with E-state index in [4.69, 9.17) is 9.47 Å². The first kappa shape index (κ1) is 55.7. The van der Waals surface area contributed by atoms with Crippen molar-refractivity contribution in [2.45, 2.75) is 135 Å². The summed E-state index contributed by atoms with van der Waals surface area (Å²) in [6.07, 6.45) is 5.37. The Morgan fingerprint density at radius 1 is 0.844 bits per heavy atom. The second-order valence-corrected chi connectivity index (χ2v) is 20.1. The molecular weight excluding hydrogens is 986 g/mol. The molecule has 2 aliphatic rings. The van der Waals surface area contributed by atoms with Crippen molar-refractivity contribution in [2.24, 2.45) is 0 Å². The van der Waals surface area contributed by atoms with E-state index in [0.717, 1.165) is 55.5 Å². The zero-order valence-electron chi connectivity index (χ0n) is 43.7. The van der Waals surface area contributed by atoms with Gasteiger partial charge >= 0.3 is 5.97 Å². The van der Waals surface area contributed by atoms with Crippen molar-refractivity contribution in [2.75, 3.05) is 25.1 Å². The average molecular weight is 1050 g/mol. The van der Waals surface area contributed by atoms with Crippen LogP contribution in [0.2, 0.25) is 0 Å². The summed E-state index contributed by atoms with van der Waals surface area (Å²) in [6, 6.07) is 27.7. The molecule has 5 N–H and O–H groups in total. The number of benzene rings is 4. The van der Waals surface area contributed by atoms with E-state index >= 15 is 0 Å². The number of carboxylic acids is 1. The van der Waals surface area contributed by atoms with Gasteiger partial charge in [0.25, 0.3) is 11.8 Å². The first-order valence-electron chi connectivity index (χ1n) is 26.7. The van der Waals surface area contributed by atoms with Gasteiger partial charge in [-0.25, -0.2) is 4.39 Å². The monoisotopic (exact) mass is 1050 g/mol. The Balaban J connectivity index is 0.840. The van der Waals surface area contributed by atoms with Crippen molar-refractivity contribution >= 4 is 35.3 Å². The minimum atomic E-state index is -1.24. The number of aliphatic hydroxyl groups excluding tert-OH is 2. The molecule has 2 aliphatic heterocycles. The van der Waals surface area contributed by atoms with Gasteiger partial charge in [-0.15, -0.1) is 5.10 Å². The molecule has 18 heteroatoms. The largest absolute Gasteiger partial charge is 0.494 e. The number of carboxylic acid groups (broad SMARTS) is 1. The van der Waals surface area contributed by atoms with Crippen molar-refractivity contribution in [3.63, 3.8) is 0 Å². The number of halogens is 1. The minimum absolute atomic E-state index is 0.135. The Labute approximate surface area is 447 Å². The number of aliphatic carboxylic acids is 1. The van der Waals surface area contributed by atoms with Gasteiger partial charge in [-0.05, 0) is 147 Å². The van der Waals surface area contributed by atoms with Crippen LogP contribution in [0.1, 0.15) is 127 Å². The van der Waals surface area contributed by atoms with Gasteiger partial charge in [0.2, 0.25) is 11.8 Å². The van der Waals surface area contributed by atoms with Crippen LogP contribution in [0.4, 0.5) is 10.1 Å². The molecular formula is C59H68FN7O10. The van der Waals surface area contributed by atoms with Gasteiger partial charge in [-0.2, -0.15) is 0 Å². The molecule has 6 aromatic rings. The number of hydrogen-bond donors (Lipinski definition) is 5. The lowest BCUT2D eigenvalue weighted by Gasteiger charge is -2.29. The highest BCUT2D eigenvalue weighted by Gasteiger charge is 2.40. The van der Waals surface area contributed by atoms with Crippen LogP contribution in [-0.2, 0) is 51.6 Å². The standard InChI is InChI=1S/C59H68FN7O10/c1-38(2)55-54(58(74)61-43-16-5-3-6-17-43)53(56(40-21-23-42(60)24-22-40)66(55)29-27-45(68)34-46(69)35-52(71)72)41-14-9-19-47(33-41)77-32-12-18-44-36-65(64-63-44)28-7-4-8-30-76-31-11-15-39-13-10-20-48-49(39)37-67(59(48)75)50-25-26-51(70)62-57(50)73/h3,5-6,9-10,13-14,16-17,19-24,33,36,38,45-46,50,68-69H,4,7-8,11-12,15,18,25-32,34-35,37H2,1-2H3,(H,61,74)(H,71,72)(H,62,70,73). The lowest BCUT2D eigenvalue weighted by Crippen LogP contribution is -2.52. The van der Waals surface area contributed by atoms with E-state index in [-0.39, 0.29) is 49.4 Å². The normalized spacial score (nSPS) is 15.2. The summed E-state index contributed by atoms with van der Waals surface area (Å²) in [5.41, 5.74) is 7.72. The second kappa shape index (κ2) is 26.5. The van der Waals surface area contributed by atoms with Crippen LogP contribution in [0.3, 0.4) is 0 Å². The van der Waals surface area contributed by atoms with Crippen LogP contribution in [-0.4, -0.2) is 107 Å². The van der Waals surface area contributed by atoms with Crippen LogP contribution >= 0.6 is 0 Å². The summed E-state index contributed by atoms with van der Waals surface area (Å²) in [5.74, 6) is -2.47. The van der Waals surface area contributed by atoms with Crippen molar-refractivity contribution in [1.82, 2.24) is 29.8 Å². The Bertz CT molecular complexity index is 3010. The Hall–Kier alpha value is -7.54. The molecule has 0 aliphatic carbocycles. The summed E-state index contributed by atoms with van der Waals surface area (Å²) in [4.78, 5) is 64.8. The second-order valence-electron chi connectivity index (χ2n) is 20.1. The Morgan fingerprint density at radius 3 is 2.38 bits per heavy atom. The van der Waals surface area contributed by atoms with Crippen molar-refractivity contribution in [3.05, 3.63) is 143 Å². The summed E-state index contributed by atoms with van der Waals surface area (Å²) < 4.78 is 30.6. The predicted molar refractivity (Wildman–Crippen MR) is 287 cm³/mol. The maximum absolute atomic E-state index is 14.7. The predicted octanol–water partition coefficient (Wildman–Crippen LogP) is 8.50. The molecule has 3 atom stereocenters. The summed E-state index contributed by atoms with van der Waals surface area (Å²) in [6.45, 7) is 6.86. The first-order valence-corrected chi connectivity index (χ1v) is 26.7. The number of piperidine rings is 1. The number of carbonyl (C=O) groups excluding carboxylic acids is 4. The number of carbonyl (C=O) groups is 5. The summed E-state index contributed by atoms with van der Waals surface area (Å²) >= 11 is 0. The third-order valence-electron chi connectivity index (χ3n) is 14.0. The number of imide groups is 1. The quantitative estimate of drug-likeness (QED) is 0.0230. The van der Waals surface area contributed by atoms with E-state index in [2.05, 4.69) is 20.9 Å². The number of amides is 4. The number of nitrogens with zero attached hydrogens (tertiary/aromatic N) is 5. The summed E-state index contributed by atoms with van der Waals surface area (Å²) in [5, 5.41) is 44.7. The molecule has 2 aromatic heterocycles. The average Bonchev–Trinajstić information content (AvgIpc) is 4.18. The van der Waals surface area contributed by atoms with Crippen LogP contribution in [0, 0.1) is 5.82 Å². The molecule has 0 bridgehead atoms. The van der Waals surface area contributed by atoms with Gasteiger partial charge in [0.15, 0.2) is 0 Å². The molecule has 4 heterocycles. The summed E-state index contributed by atoms with van der Waals surface area (Å²) in [7, 11) is 0. The highest BCUT2D eigenvalue weighted by atomic mass is 19.1. The number of para-hydroxylation sites is 1. The molecule has 406 valence electrons. The van der Waals surface area contributed by atoms with Crippen LogP contribution in [0.5, 0.6) is 5.75 Å². The van der Waals surface area contributed by atoms with Gasteiger partial charge in [0.1, 0.15) is 17.6 Å². The molecule has 1 fully saturated rings. The van der Waals surface area contributed by atoms with Crippen molar-refractivity contribution in [1.29, 1.82) is 0 Å². The number of fused-ring (bicyclic) bond motifs is 1. The number of aromatic nitrogens is 4. The van der Waals surface area contributed by atoms with Gasteiger partial charge in [0.05, 0.1) is 42.2 Å². The lowest BCUT2D eigenvalue weighted by molar-refractivity contribution is -0.140. The molecule has 0 spiro atoms. The number of hydrogen-bond acceptors (Lipinski definition) is 11. The van der Waals surface area contributed by atoms with Gasteiger partial charge in [0, 0.05) is 68.0 Å².